The van der Waals surface area contributed by atoms with Gasteiger partial charge in [-0.05, 0) is 36.3 Å². The molecule has 2 nitrogen and oxygen atoms in total. The van der Waals surface area contributed by atoms with E-state index in [1.165, 1.54) is 24.2 Å². The standard InChI is InChI=1S/C13H16FNOS/c1-10(9-11(2)15(3)16-17-4)12-5-7-13(14)8-6-12/h5-9H,2H2,1,3-4H3/b10-9+. The fourth-order valence-corrected chi connectivity index (χ4v) is 1.62. The molecule has 0 N–H and O–H groups in total. The van der Waals surface area contributed by atoms with Crippen molar-refractivity contribution in [3.63, 3.8) is 0 Å². The SMILES string of the molecule is C=C(/C=C(\C)c1ccc(F)cc1)N(C)OSC. The molecule has 17 heavy (non-hydrogen) atoms. The van der Waals surface area contributed by atoms with Gasteiger partial charge >= 0.3 is 0 Å². The molecule has 1 rings (SSSR count). The lowest BCUT2D eigenvalue weighted by atomic mass is 10.1. The van der Waals surface area contributed by atoms with Crippen LogP contribution in [0.4, 0.5) is 4.39 Å². The Balaban J connectivity index is 2.78. The van der Waals surface area contributed by atoms with Gasteiger partial charge in [0.05, 0.1) is 5.70 Å². The van der Waals surface area contributed by atoms with E-state index in [9.17, 15) is 4.39 Å². The van der Waals surface area contributed by atoms with Crippen LogP contribution in [0.2, 0.25) is 0 Å². The van der Waals surface area contributed by atoms with E-state index in [2.05, 4.69) is 6.58 Å². The van der Waals surface area contributed by atoms with E-state index >= 15 is 0 Å². The summed E-state index contributed by atoms with van der Waals surface area (Å²) in [4.78, 5) is 0. The molecule has 0 saturated heterocycles. The molecule has 0 aliphatic carbocycles. The highest BCUT2D eigenvalue weighted by Crippen LogP contribution is 2.18. The second kappa shape index (κ2) is 6.47. The summed E-state index contributed by atoms with van der Waals surface area (Å²) < 4.78 is 18.0. The topological polar surface area (TPSA) is 12.5 Å². The lowest BCUT2D eigenvalue weighted by Crippen LogP contribution is -2.12. The molecule has 1 aromatic rings. The molecule has 0 radical (unpaired) electrons. The van der Waals surface area contributed by atoms with Gasteiger partial charge in [-0.1, -0.05) is 18.7 Å². The quantitative estimate of drug-likeness (QED) is 0.449. The molecule has 0 unspecified atom stereocenters. The third-order valence-corrected chi connectivity index (χ3v) is 2.65. The fourth-order valence-electron chi connectivity index (χ4n) is 1.30. The predicted molar refractivity (Wildman–Crippen MR) is 71.6 cm³/mol. The van der Waals surface area contributed by atoms with E-state index < -0.39 is 0 Å². The Morgan fingerprint density at radius 1 is 1.41 bits per heavy atom. The van der Waals surface area contributed by atoms with E-state index in [0.29, 0.717) is 0 Å². The smallest absolute Gasteiger partial charge is 0.123 e. The highest BCUT2D eigenvalue weighted by atomic mass is 32.2. The van der Waals surface area contributed by atoms with Gasteiger partial charge in [0.2, 0.25) is 0 Å². The van der Waals surface area contributed by atoms with Crippen LogP contribution in [0, 0.1) is 5.82 Å². The van der Waals surface area contributed by atoms with Crippen molar-refractivity contribution < 1.29 is 8.67 Å². The van der Waals surface area contributed by atoms with Gasteiger partial charge in [0.25, 0.3) is 0 Å². The first-order valence-corrected chi connectivity index (χ1v) is 6.27. The Hall–Kier alpha value is -1.26. The molecule has 92 valence electrons. The molecule has 0 spiro atoms. The predicted octanol–water partition coefficient (Wildman–Crippen LogP) is 3.88. The number of benzene rings is 1. The number of halogens is 1. The molecule has 0 heterocycles. The zero-order chi connectivity index (χ0) is 12.8. The highest BCUT2D eigenvalue weighted by Gasteiger charge is 2.01. The minimum atomic E-state index is -0.233. The van der Waals surface area contributed by atoms with Gasteiger partial charge in [0.1, 0.15) is 5.82 Å². The largest absolute Gasteiger partial charge is 0.245 e. The second-order valence-electron chi connectivity index (χ2n) is 3.56. The van der Waals surface area contributed by atoms with Crippen LogP contribution < -0.4 is 0 Å². The van der Waals surface area contributed by atoms with Gasteiger partial charge in [-0.3, -0.25) is 0 Å². The van der Waals surface area contributed by atoms with Crippen molar-refractivity contribution in [3.8, 4) is 0 Å². The van der Waals surface area contributed by atoms with Gasteiger partial charge in [0.15, 0.2) is 0 Å². The van der Waals surface area contributed by atoms with Crippen LogP contribution in [0.15, 0.2) is 42.6 Å². The van der Waals surface area contributed by atoms with Crippen molar-refractivity contribution in [3.05, 3.63) is 54.0 Å². The number of rotatable bonds is 5. The molecule has 0 aromatic heterocycles. The van der Waals surface area contributed by atoms with Crippen molar-refractivity contribution >= 4 is 17.6 Å². The van der Waals surface area contributed by atoms with Crippen LogP contribution in [-0.4, -0.2) is 18.4 Å². The second-order valence-corrected chi connectivity index (χ2v) is 4.05. The normalized spacial score (nSPS) is 11.4. The van der Waals surface area contributed by atoms with Gasteiger partial charge in [-0.15, -0.1) is 0 Å². The molecule has 0 amide bonds. The molecule has 4 heteroatoms. The summed E-state index contributed by atoms with van der Waals surface area (Å²) in [5, 5.41) is 1.58. The Morgan fingerprint density at radius 2 is 2.00 bits per heavy atom. The van der Waals surface area contributed by atoms with Crippen LogP contribution in [-0.2, 0) is 4.28 Å². The van der Waals surface area contributed by atoms with Gasteiger partial charge in [-0.25, -0.2) is 13.7 Å². The highest BCUT2D eigenvalue weighted by molar-refractivity contribution is 7.93. The monoisotopic (exact) mass is 253 g/mol. The van der Waals surface area contributed by atoms with Crippen molar-refractivity contribution in [2.24, 2.45) is 0 Å². The molecular formula is C13H16FNOS. The minimum Gasteiger partial charge on any atom is -0.245 e. The summed E-state index contributed by atoms with van der Waals surface area (Å²) in [5.41, 5.74) is 2.71. The third-order valence-electron chi connectivity index (χ3n) is 2.27. The summed E-state index contributed by atoms with van der Waals surface area (Å²) in [7, 11) is 1.78. The maximum Gasteiger partial charge on any atom is 0.123 e. The van der Waals surface area contributed by atoms with Crippen LogP contribution >= 0.6 is 12.0 Å². The van der Waals surface area contributed by atoms with Crippen molar-refractivity contribution in [1.29, 1.82) is 0 Å². The first kappa shape index (κ1) is 13.8. The molecule has 0 aliphatic rings. The van der Waals surface area contributed by atoms with Gasteiger partial charge < -0.3 is 0 Å². The van der Waals surface area contributed by atoms with Crippen LogP contribution in [0.5, 0.6) is 0 Å². The number of hydroxylamine groups is 2. The number of likely N-dealkylation sites (N-methyl/N-ethyl adjacent to an activating group) is 1. The van der Waals surface area contributed by atoms with Crippen LogP contribution in [0.25, 0.3) is 5.57 Å². The lowest BCUT2D eigenvalue weighted by Gasteiger charge is -2.16. The lowest BCUT2D eigenvalue weighted by molar-refractivity contribution is 0.0392. The van der Waals surface area contributed by atoms with E-state index in [0.717, 1.165) is 16.8 Å². The fraction of sp³-hybridized carbons (Fsp3) is 0.231. The van der Waals surface area contributed by atoms with Crippen molar-refractivity contribution in [2.45, 2.75) is 6.92 Å². The zero-order valence-corrected chi connectivity index (χ0v) is 11.1. The Bertz CT molecular complexity index is 414. The Labute approximate surface area is 106 Å². The number of allylic oxidation sites excluding steroid dienone is 2. The molecule has 0 bridgehead atoms. The average Bonchev–Trinajstić information content (AvgIpc) is 2.30. The third kappa shape index (κ3) is 4.24. The Kier molecular flexibility index (Phi) is 5.25. The zero-order valence-electron chi connectivity index (χ0n) is 10.2. The molecule has 1 aromatic carbocycles. The summed E-state index contributed by atoms with van der Waals surface area (Å²) >= 11 is 1.25. The van der Waals surface area contributed by atoms with E-state index in [1.54, 1.807) is 24.2 Å². The molecule has 0 saturated carbocycles. The summed E-state index contributed by atoms with van der Waals surface area (Å²) in [5.74, 6) is -0.233. The molecule has 0 aliphatic heterocycles. The number of hydrogen-bond acceptors (Lipinski definition) is 3. The maximum atomic E-state index is 12.8. The van der Waals surface area contributed by atoms with Crippen LogP contribution in [0.1, 0.15) is 12.5 Å². The maximum absolute atomic E-state index is 12.8. The minimum absolute atomic E-state index is 0.233. The van der Waals surface area contributed by atoms with Crippen molar-refractivity contribution in [1.82, 2.24) is 5.06 Å². The Morgan fingerprint density at radius 3 is 2.53 bits per heavy atom. The molecule has 0 atom stereocenters. The van der Waals surface area contributed by atoms with Gasteiger partial charge in [-0.2, -0.15) is 0 Å². The first-order chi connectivity index (χ1) is 8.04. The first-order valence-electron chi connectivity index (χ1n) is 5.12. The summed E-state index contributed by atoms with van der Waals surface area (Å²) in [6.07, 6.45) is 3.73. The van der Waals surface area contributed by atoms with E-state index in [-0.39, 0.29) is 5.82 Å². The summed E-state index contributed by atoms with van der Waals surface area (Å²) in [6, 6.07) is 6.36. The molecular weight excluding hydrogens is 237 g/mol. The van der Waals surface area contributed by atoms with Crippen molar-refractivity contribution in [2.75, 3.05) is 13.3 Å². The van der Waals surface area contributed by atoms with Crippen LogP contribution in [0.3, 0.4) is 0 Å². The number of hydrogen-bond donors (Lipinski definition) is 0. The molecule has 0 fully saturated rings. The average molecular weight is 253 g/mol. The van der Waals surface area contributed by atoms with Gasteiger partial charge in [0, 0.05) is 25.3 Å². The summed E-state index contributed by atoms with van der Waals surface area (Å²) in [6.45, 7) is 5.84. The number of nitrogens with zero attached hydrogens (tertiary/aromatic N) is 1. The van der Waals surface area contributed by atoms with E-state index in [4.69, 9.17) is 4.28 Å². The van der Waals surface area contributed by atoms with E-state index in [1.807, 2.05) is 19.3 Å².